The summed E-state index contributed by atoms with van der Waals surface area (Å²) in [4.78, 5) is 4.32. The maximum Gasteiger partial charge on any atom is 0.249 e. The average molecular weight is 268 g/mol. The van der Waals surface area contributed by atoms with E-state index in [-0.39, 0.29) is 0 Å². The van der Waals surface area contributed by atoms with Gasteiger partial charge in [-0.2, -0.15) is 15.3 Å². The van der Waals surface area contributed by atoms with Crippen LogP contribution in [0.15, 0.2) is 30.5 Å². The number of hydrogen-bond donors (Lipinski definition) is 2. The Balaban J connectivity index is 2.01. The summed E-state index contributed by atoms with van der Waals surface area (Å²) >= 11 is 0. The van der Waals surface area contributed by atoms with Gasteiger partial charge in [0, 0.05) is 12.2 Å². The van der Waals surface area contributed by atoms with E-state index in [1.54, 1.807) is 30.5 Å². The zero-order valence-corrected chi connectivity index (χ0v) is 11.3. The van der Waals surface area contributed by atoms with E-state index in [2.05, 4.69) is 38.8 Å². The minimum absolute atomic E-state index is 0.427. The Hall–Kier alpha value is -2.68. The molecule has 0 spiro atoms. The van der Waals surface area contributed by atoms with E-state index in [1.165, 1.54) is 0 Å². The Morgan fingerprint density at radius 1 is 1.25 bits per heavy atom. The summed E-state index contributed by atoms with van der Waals surface area (Å²) in [5.41, 5.74) is 1.43. The van der Waals surface area contributed by atoms with E-state index in [4.69, 9.17) is 5.26 Å². The molecule has 1 aromatic heterocycles. The fraction of sp³-hybridized carbons (Fsp3) is 0.286. The van der Waals surface area contributed by atoms with Gasteiger partial charge in [-0.05, 0) is 30.7 Å². The van der Waals surface area contributed by atoms with Crippen molar-refractivity contribution in [1.82, 2.24) is 15.2 Å². The molecule has 0 aliphatic rings. The van der Waals surface area contributed by atoms with Gasteiger partial charge >= 0.3 is 0 Å². The van der Waals surface area contributed by atoms with Crippen LogP contribution in [0.3, 0.4) is 0 Å². The van der Waals surface area contributed by atoms with E-state index in [0.29, 0.717) is 17.3 Å². The number of rotatable bonds is 6. The van der Waals surface area contributed by atoms with Gasteiger partial charge in [0.2, 0.25) is 5.95 Å². The highest BCUT2D eigenvalue weighted by Gasteiger charge is 2.01. The monoisotopic (exact) mass is 268 g/mol. The highest BCUT2D eigenvalue weighted by molar-refractivity contribution is 5.55. The molecular formula is C14H16N6. The molecule has 2 rings (SSSR count). The second-order valence-electron chi connectivity index (χ2n) is 4.26. The molecule has 0 aliphatic heterocycles. The van der Waals surface area contributed by atoms with Gasteiger partial charge in [0.25, 0.3) is 0 Å². The third kappa shape index (κ3) is 3.92. The lowest BCUT2D eigenvalue weighted by Crippen LogP contribution is -2.06. The molecule has 20 heavy (non-hydrogen) atoms. The number of aromatic nitrogens is 3. The molecule has 0 amide bonds. The smallest absolute Gasteiger partial charge is 0.249 e. The van der Waals surface area contributed by atoms with Crippen LogP contribution >= 0.6 is 0 Å². The second kappa shape index (κ2) is 7.04. The number of nitriles is 1. The second-order valence-corrected chi connectivity index (χ2v) is 4.26. The quantitative estimate of drug-likeness (QED) is 0.783. The Morgan fingerprint density at radius 3 is 2.75 bits per heavy atom. The fourth-order valence-corrected chi connectivity index (χ4v) is 1.59. The van der Waals surface area contributed by atoms with Crippen molar-refractivity contribution in [3.05, 3.63) is 36.0 Å². The lowest BCUT2D eigenvalue weighted by molar-refractivity contribution is 0.827. The van der Waals surface area contributed by atoms with Crippen molar-refractivity contribution in [2.75, 3.05) is 17.2 Å². The number of nitrogens with zero attached hydrogens (tertiary/aromatic N) is 4. The molecule has 0 unspecified atom stereocenters. The van der Waals surface area contributed by atoms with Crippen LogP contribution < -0.4 is 10.6 Å². The number of hydrogen-bond acceptors (Lipinski definition) is 6. The molecule has 0 fully saturated rings. The van der Waals surface area contributed by atoms with Crippen LogP contribution in [0.2, 0.25) is 0 Å². The Morgan fingerprint density at radius 2 is 2.05 bits per heavy atom. The van der Waals surface area contributed by atoms with Gasteiger partial charge < -0.3 is 10.6 Å². The molecule has 1 aromatic carbocycles. The molecule has 0 atom stereocenters. The first-order valence-electron chi connectivity index (χ1n) is 6.52. The van der Waals surface area contributed by atoms with Crippen LogP contribution in [0.4, 0.5) is 17.5 Å². The average Bonchev–Trinajstić information content (AvgIpc) is 2.49. The van der Waals surface area contributed by atoms with Gasteiger partial charge in [0.05, 0.1) is 17.8 Å². The van der Waals surface area contributed by atoms with E-state index in [9.17, 15) is 0 Å². The maximum atomic E-state index is 8.74. The van der Waals surface area contributed by atoms with Crippen molar-refractivity contribution < 1.29 is 0 Å². The Kier molecular flexibility index (Phi) is 4.84. The molecule has 6 heteroatoms. The molecule has 0 radical (unpaired) electrons. The number of anilines is 3. The van der Waals surface area contributed by atoms with Crippen LogP contribution in [-0.2, 0) is 0 Å². The predicted octanol–water partition coefficient (Wildman–Crippen LogP) is 2.70. The number of benzene rings is 1. The van der Waals surface area contributed by atoms with Gasteiger partial charge in [-0.3, -0.25) is 0 Å². The molecule has 0 saturated carbocycles. The molecule has 6 nitrogen and oxygen atoms in total. The van der Waals surface area contributed by atoms with Gasteiger partial charge in [-0.25, -0.2) is 0 Å². The minimum Gasteiger partial charge on any atom is -0.369 e. The summed E-state index contributed by atoms with van der Waals surface area (Å²) in [6, 6.07) is 9.15. The molecule has 0 aliphatic carbocycles. The zero-order chi connectivity index (χ0) is 14.2. The summed E-state index contributed by atoms with van der Waals surface area (Å²) in [6.45, 7) is 3.00. The largest absolute Gasteiger partial charge is 0.369 e. The lowest BCUT2D eigenvalue weighted by atomic mass is 10.2. The molecule has 0 bridgehead atoms. The van der Waals surface area contributed by atoms with Crippen LogP contribution in [0.25, 0.3) is 0 Å². The van der Waals surface area contributed by atoms with E-state index >= 15 is 0 Å². The number of unbranched alkanes of at least 4 members (excludes halogenated alkanes) is 1. The summed E-state index contributed by atoms with van der Waals surface area (Å²) in [6.07, 6.45) is 3.81. The standard InChI is InChI=1S/C14H16N6/c1-2-3-8-16-13-10-17-20-14(19-13)18-12-6-4-11(9-15)5-7-12/h4-7,10H,2-3,8H2,1H3,(H2,16,18,19,20). The van der Waals surface area contributed by atoms with Crippen molar-refractivity contribution in [3.63, 3.8) is 0 Å². The minimum atomic E-state index is 0.427. The normalized spacial score (nSPS) is 9.80. The topological polar surface area (TPSA) is 86.5 Å². The van der Waals surface area contributed by atoms with Gasteiger partial charge in [0.15, 0.2) is 5.82 Å². The molecule has 102 valence electrons. The van der Waals surface area contributed by atoms with Gasteiger partial charge in [-0.15, -0.1) is 5.10 Å². The van der Waals surface area contributed by atoms with E-state index < -0.39 is 0 Å². The van der Waals surface area contributed by atoms with Crippen molar-refractivity contribution in [1.29, 1.82) is 5.26 Å². The molecular weight excluding hydrogens is 252 g/mol. The molecule has 1 heterocycles. The first-order chi connectivity index (χ1) is 9.81. The third-order valence-corrected chi connectivity index (χ3v) is 2.67. The number of nitrogens with one attached hydrogen (secondary N) is 2. The molecule has 2 aromatic rings. The van der Waals surface area contributed by atoms with Crippen molar-refractivity contribution in [2.45, 2.75) is 19.8 Å². The van der Waals surface area contributed by atoms with Crippen molar-refractivity contribution in [3.8, 4) is 6.07 Å². The fourth-order valence-electron chi connectivity index (χ4n) is 1.59. The summed E-state index contributed by atoms with van der Waals surface area (Å²) in [5.74, 6) is 1.13. The first-order valence-corrected chi connectivity index (χ1v) is 6.52. The SMILES string of the molecule is CCCCNc1cnnc(Nc2ccc(C#N)cc2)n1. The summed E-state index contributed by atoms with van der Waals surface area (Å²) in [5, 5.41) is 22.8. The molecule has 2 N–H and O–H groups in total. The van der Waals surface area contributed by atoms with Crippen molar-refractivity contribution in [2.24, 2.45) is 0 Å². The van der Waals surface area contributed by atoms with Crippen LogP contribution in [-0.4, -0.2) is 21.7 Å². The van der Waals surface area contributed by atoms with E-state index in [0.717, 1.165) is 25.1 Å². The van der Waals surface area contributed by atoms with E-state index in [1.807, 2.05) is 0 Å². The summed E-state index contributed by atoms with van der Waals surface area (Å²) in [7, 11) is 0. The highest BCUT2D eigenvalue weighted by atomic mass is 15.3. The van der Waals surface area contributed by atoms with Crippen molar-refractivity contribution >= 4 is 17.5 Å². The highest BCUT2D eigenvalue weighted by Crippen LogP contribution is 2.14. The maximum absolute atomic E-state index is 8.74. The van der Waals surface area contributed by atoms with Crippen LogP contribution in [0.1, 0.15) is 25.3 Å². The Labute approximate surface area is 117 Å². The van der Waals surface area contributed by atoms with Gasteiger partial charge in [-0.1, -0.05) is 13.3 Å². The third-order valence-electron chi connectivity index (χ3n) is 2.67. The van der Waals surface area contributed by atoms with Gasteiger partial charge in [0.1, 0.15) is 0 Å². The molecule has 0 saturated heterocycles. The van der Waals surface area contributed by atoms with Crippen LogP contribution in [0.5, 0.6) is 0 Å². The predicted molar refractivity (Wildman–Crippen MR) is 77.7 cm³/mol. The summed E-state index contributed by atoms with van der Waals surface area (Å²) < 4.78 is 0. The first kappa shape index (κ1) is 13.7. The Bertz CT molecular complexity index is 587. The lowest BCUT2D eigenvalue weighted by Gasteiger charge is -2.07. The van der Waals surface area contributed by atoms with Crippen LogP contribution in [0, 0.1) is 11.3 Å². The zero-order valence-electron chi connectivity index (χ0n) is 11.3.